The standard InChI is InChI=1S/C31H33ClN8O12S2/c1-30(2,26(47)48)52-37-21(17-12-53-28(33)36-17)19(43)10-16-24(46)38-13-31(27(49)50,54-25(16)38)39-8-9-40(29(39)51)35-11-14(41)4-3-7-34-23(45)15-5-6-18(42)22(44)20(15)32/h5-6,11-12,16,25,42,44H,3-4,7-10,13H2,1-2H3,(H2,33,36)(H,34,45)(H,47,48)(H,49,50)/b35-11+,37-21-/t16?,25-,31-/m1/s1. The molecule has 20 nitrogen and oxygen atoms in total. The number of halogens is 1. The van der Waals surface area contributed by atoms with Crippen molar-refractivity contribution >= 4 is 93.1 Å². The van der Waals surface area contributed by atoms with Crippen LogP contribution in [0.5, 0.6) is 11.5 Å². The minimum absolute atomic E-state index is 0.00212. The predicted octanol–water partition coefficient (Wildman–Crippen LogP) is 1.15. The quantitative estimate of drug-likeness (QED) is 0.0456. The first-order chi connectivity index (χ1) is 25.4. The lowest BCUT2D eigenvalue weighted by Crippen LogP contribution is -2.59. The molecule has 23 heteroatoms. The molecule has 0 bridgehead atoms. The summed E-state index contributed by atoms with van der Waals surface area (Å²) in [4.78, 5) is 98.7. The number of ketones is 2. The molecule has 1 aromatic carbocycles. The van der Waals surface area contributed by atoms with Crippen molar-refractivity contribution < 1.29 is 58.8 Å². The molecule has 1 aromatic heterocycles. The first-order valence-electron chi connectivity index (χ1n) is 16.0. The third kappa shape index (κ3) is 7.75. The first kappa shape index (κ1) is 39.7. The van der Waals surface area contributed by atoms with E-state index in [4.69, 9.17) is 22.2 Å². The number of aromatic hydroxyl groups is 2. The Kier molecular flexibility index (Phi) is 11.4. The van der Waals surface area contributed by atoms with Crippen LogP contribution in [-0.2, 0) is 28.8 Å². The number of anilines is 1. The number of nitrogens with zero attached hydrogens (tertiary/aromatic N) is 6. The molecule has 0 saturated carbocycles. The third-order valence-electron chi connectivity index (χ3n) is 8.59. The average molecular weight is 809 g/mol. The highest BCUT2D eigenvalue weighted by atomic mass is 35.5. The van der Waals surface area contributed by atoms with Crippen molar-refractivity contribution in [1.82, 2.24) is 25.1 Å². The molecule has 3 aliphatic heterocycles. The Labute approximate surface area is 318 Å². The summed E-state index contributed by atoms with van der Waals surface area (Å²) in [6, 6.07) is 1.49. The van der Waals surface area contributed by atoms with Crippen LogP contribution >= 0.6 is 34.7 Å². The van der Waals surface area contributed by atoms with Gasteiger partial charge in [-0.2, -0.15) is 5.10 Å². The Morgan fingerprint density at radius 1 is 1.19 bits per heavy atom. The number of urea groups is 1. The molecule has 288 valence electrons. The number of β-lactam (4-membered cyclic amide) rings is 1. The molecule has 2 aromatic rings. The number of carboxylic acid groups (broad SMARTS) is 2. The van der Waals surface area contributed by atoms with Crippen molar-refractivity contribution in [2.24, 2.45) is 16.2 Å². The number of thioether (sulfide) groups is 1. The monoisotopic (exact) mass is 808 g/mol. The molecular weight excluding hydrogens is 776 g/mol. The Morgan fingerprint density at radius 2 is 1.91 bits per heavy atom. The van der Waals surface area contributed by atoms with E-state index >= 15 is 0 Å². The maximum absolute atomic E-state index is 13.5. The van der Waals surface area contributed by atoms with Crippen molar-refractivity contribution in [1.29, 1.82) is 0 Å². The van der Waals surface area contributed by atoms with E-state index in [2.05, 4.69) is 20.6 Å². The lowest BCUT2D eigenvalue weighted by Gasteiger charge is -2.40. The van der Waals surface area contributed by atoms with Gasteiger partial charge in [0.05, 0.1) is 41.2 Å². The van der Waals surface area contributed by atoms with Gasteiger partial charge in [-0.25, -0.2) is 24.4 Å². The van der Waals surface area contributed by atoms with Crippen LogP contribution in [0, 0.1) is 5.92 Å². The molecule has 0 spiro atoms. The zero-order valence-electron chi connectivity index (χ0n) is 28.4. The number of carbonyl (C=O) groups is 7. The van der Waals surface area contributed by atoms with Crippen molar-refractivity contribution in [2.75, 3.05) is 31.9 Å². The summed E-state index contributed by atoms with van der Waals surface area (Å²) in [6.45, 7) is 1.90. The van der Waals surface area contributed by atoms with E-state index in [9.17, 15) is 54.0 Å². The fraction of sp³-hybridized carbons (Fsp3) is 0.419. The van der Waals surface area contributed by atoms with E-state index < -0.39 is 81.0 Å². The van der Waals surface area contributed by atoms with Crippen LogP contribution < -0.4 is 11.1 Å². The van der Waals surface area contributed by atoms with E-state index in [0.717, 1.165) is 45.3 Å². The summed E-state index contributed by atoms with van der Waals surface area (Å²) in [7, 11) is 0. The van der Waals surface area contributed by atoms with Crippen LogP contribution in [0.4, 0.5) is 9.93 Å². The number of aliphatic carboxylic acids is 2. The molecule has 3 aliphatic rings. The number of fused-ring (bicyclic) bond motifs is 1. The van der Waals surface area contributed by atoms with Gasteiger partial charge in [-0.15, -0.1) is 11.3 Å². The van der Waals surface area contributed by atoms with Crippen LogP contribution in [0.2, 0.25) is 5.02 Å². The molecule has 3 fully saturated rings. The highest BCUT2D eigenvalue weighted by molar-refractivity contribution is 8.02. The molecule has 3 saturated heterocycles. The van der Waals surface area contributed by atoms with E-state index in [1.165, 1.54) is 30.2 Å². The van der Waals surface area contributed by atoms with Crippen molar-refractivity contribution in [3.05, 3.63) is 33.8 Å². The number of rotatable bonds is 16. The molecular formula is C31H33ClN8O12S2. The Morgan fingerprint density at radius 3 is 2.56 bits per heavy atom. The van der Waals surface area contributed by atoms with Gasteiger partial charge >= 0.3 is 18.0 Å². The molecule has 5 rings (SSSR count). The molecule has 1 unspecified atom stereocenters. The molecule has 7 N–H and O–H groups in total. The van der Waals surface area contributed by atoms with E-state index in [1.807, 2.05) is 0 Å². The second-order valence-corrected chi connectivity index (χ2v) is 15.3. The van der Waals surface area contributed by atoms with E-state index in [-0.39, 0.29) is 66.1 Å². The summed E-state index contributed by atoms with van der Waals surface area (Å²) in [5.41, 5.74) is 3.43. The normalized spacial score (nSPS) is 21.3. The van der Waals surface area contributed by atoms with E-state index in [1.54, 1.807) is 0 Å². The number of nitrogens with one attached hydrogen (secondary N) is 1. The van der Waals surface area contributed by atoms with Gasteiger partial charge in [0.15, 0.2) is 33.9 Å². The lowest BCUT2D eigenvalue weighted by atomic mass is 9.90. The number of hydrogen-bond donors (Lipinski definition) is 6. The number of Topliss-reactive ketones (excluding diaryl/α,β-unsaturated/α-hetero) is 2. The van der Waals surface area contributed by atoms with Crippen molar-refractivity contribution in [3.8, 4) is 11.5 Å². The number of carbonyl (C=O) groups excluding carboxylic acids is 5. The maximum Gasteiger partial charge on any atom is 0.350 e. The number of carboxylic acids is 2. The number of phenols is 2. The molecule has 3 atom stereocenters. The minimum atomic E-state index is -1.94. The van der Waals surface area contributed by atoms with Crippen LogP contribution in [0.3, 0.4) is 0 Å². The number of hydrazone groups is 1. The maximum atomic E-state index is 13.5. The van der Waals surface area contributed by atoms with Gasteiger partial charge in [-0.05, 0) is 32.4 Å². The number of aromatic nitrogens is 1. The van der Waals surface area contributed by atoms with Crippen molar-refractivity contribution in [2.45, 2.75) is 49.0 Å². The van der Waals surface area contributed by atoms with Crippen LogP contribution in [0.25, 0.3) is 0 Å². The summed E-state index contributed by atoms with van der Waals surface area (Å²) in [6.07, 6.45) is 0.538. The zero-order valence-corrected chi connectivity index (χ0v) is 30.8. The van der Waals surface area contributed by atoms with Gasteiger partial charge in [0.25, 0.3) is 5.91 Å². The zero-order chi connectivity index (χ0) is 39.7. The number of thiazole rings is 1. The number of nitrogen functional groups attached to an aromatic ring is 1. The van der Waals surface area contributed by atoms with Gasteiger partial charge in [-0.3, -0.25) is 24.1 Å². The number of amides is 4. The van der Waals surface area contributed by atoms with Gasteiger partial charge in [0, 0.05) is 31.3 Å². The largest absolute Gasteiger partial charge is 0.504 e. The molecule has 0 aliphatic carbocycles. The topological polar surface area (TPSA) is 295 Å². The highest BCUT2D eigenvalue weighted by Gasteiger charge is 2.66. The number of benzene rings is 1. The SMILES string of the molecule is CC(C)(O/N=C(\C(=O)CC1C(=O)N2C[C@@](C(=O)O)(N3CCN(/N=C/C(=O)CCCNC(=O)c4ccc(O)c(O)c4Cl)C3=O)S[C@H]12)c1csc(N)n1)C(=O)O. The first-order valence-corrected chi connectivity index (χ1v) is 18.1. The van der Waals surface area contributed by atoms with Gasteiger partial charge in [-0.1, -0.05) is 28.5 Å². The Hall–Kier alpha value is -5.48. The second-order valence-electron chi connectivity index (χ2n) is 12.6. The smallest absolute Gasteiger partial charge is 0.350 e. The minimum Gasteiger partial charge on any atom is -0.504 e. The molecule has 4 amide bonds. The number of phenolic OH excluding ortho intramolecular Hbond substituents is 2. The summed E-state index contributed by atoms with van der Waals surface area (Å²) in [5.74, 6) is -7.35. The molecule has 0 radical (unpaired) electrons. The van der Waals surface area contributed by atoms with Gasteiger partial charge < -0.3 is 41.2 Å². The van der Waals surface area contributed by atoms with E-state index in [0.29, 0.717) is 0 Å². The average Bonchev–Trinajstić information content (AvgIpc) is 3.82. The number of nitrogens with two attached hydrogens (primary N) is 1. The Bertz CT molecular complexity index is 1990. The Balaban J connectivity index is 1.18. The summed E-state index contributed by atoms with van der Waals surface area (Å²) >= 11 is 7.69. The number of hydrogen-bond acceptors (Lipinski definition) is 16. The summed E-state index contributed by atoms with van der Waals surface area (Å²) < 4.78 is 0. The third-order valence-corrected chi connectivity index (χ3v) is 11.4. The van der Waals surface area contributed by atoms with Crippen LogP contribution in [-0.4, -0.2) is 136 Å². The molecule has 54 heavy (non-hydrogen) atoms. The van der Waals surface area contributed by atoms with Crippen molar-refractivity contribution in [3.63, 3.8) is 0 Å². The second kappa shape index (κ2) is 15.5. The fourth-order valence-electron chi connectivity index (χ4n) is 5.54. The van der Waals surface area contributed by atoms with Gasteiger partial charge in [0.1, 0.15) is 5.69 Å². The highest BCUT2D eigenvalue weighted by Crippen LogP contribution is 2.53. The molecule has 4 heterocycles. The predicted molar refractivity (Wildman–Crippen MR) is 191 cm³/mol. The van der Waals surface area contributed by atoms with Crippen LogP contribution in [0.15, 0.2) is 27.8 Å². The summed E-state index contributed by atoms with van der Waals surface area (Å²) in [5, 5.41) is 50.4. The lowest BCUT2D eigenvalue weighted by molar-refractivity contribution is -0.161. The van der Waals surface area contributed by atoms with Gasteiger partial charge in [0.2, 0.25) is 16.4 Å². The fourth-order valence-corrected chi connectivity index (χ4v) is 8.02. The van der Waals surface area contributed by atoms with Crippen LogP contribution in [0.1, 0.15) is 49.2 Å². The number of oxime groups is 1.